The van der Waals surface area contributed by atoms with Crippen LogP contribution in [0.4, 0.5) is 0 Å². The van der Waals surface area contributed by atoms with Crippen LogP contribution < -0.4 is 42.5 Å². The van der Waals surface area contributed by atoms with Crippen LogP contribution in [0.2, 0.25) is 0 Å². The number of aliphatic hydroxyl groups is 9. The summed E-state index contributed by atoms with van der Waals surface area (Å²) in [7, 11) is 0. The molecule has 89 heavy (non-hydrogen) atoms. The van der Waals surface area contributed by atoms with Gasteiger partial charge in [0.15, 0.2) is 18.9 Å². The van der Waals surface area contributed by atoms with Crippen LogP contribution in [0.3, 0.4) is 0 Å². The summed E-state index contributed by atoms with van der Waals surface area (Å²) >= 11 is 0. The van der Waals surface area contributed by atoms with Gasteiger partial charge in [0.2, 0.25) is 47.3 Å². The molecule has 3 saturated heterocycles. The smallest absolute Gasteiger partial charge is 0.222 e. The van der Waals surface area contributed by atoms with Gasteiger partial charge >= 0.3 is 0 Å². The molecule has 0 spiro atoms. The minimum atomic E-state index is -1.58. The van der Waals surface area contributed by atoms with E-state index >= 15 is 0 Å². The maximum Gasteiger partial charge on any atom is 0.222 e. The van der Waals surface area contributed by atoms with Gasteiger partial charge in [-0.25, -0.2) is 0 Å². The maximum atomic E-state index is 13.7. The molecule has 0 aromatic carbocycles. The summed E-state index contributed by atoms with van der Waals surface area (Å²) in [5, 5.41) is 112. The minimum Gasteiger partial charge on any atom is -0.394 e. The average Bonchev–Trinajstić information content (AvgIpc) is 2.16. The van der Waals surface area contributed by atoms with Gasteiger partial charge < -0.3 is 136 Å². The number of rotatable bonds is 43. The SMILES string of the molecule is CC(=O)NC1C(OCCCNC(=O)CCOCC(COCCC(=O)NCCCOC2OC(CO)C(O)C(O)C2NC(C)=O)(COCCC(=O)NCCCOC2OC(CO)C(O)C(O)C2NC(C)=O)NC(=O)CCC(=O)NCOC(C)C)OC(CO)C(O)C1O. The van der Waals surface area contributed by atoms with E-state index in [0.717, 1.165) is 0 Å². The highest BCUT2D eigenvalue weighted by Gasteiger charge is 2.48. The topological polar surface area (TPSA) is 507 Å². The van der Waals surface area contributed by atoms with Gasteiger partial charge in [0, 0.05) is 72.5 Å². The highest BCUT2D eigenvalue weighted by Crippen LogP contribution is 2.25. The van der Waals surface area contributed by atoms with Crippen molar-refractivity contribution >= 4 is 47.3 Å². The molecule has 0 aromatic heterocycles. The Bertz CT molecular complexity index is 1950. The van der Waals surface area contributed by atoms with E-state index in [1.54, 1.807) is 13.8 Å². The summed E-state index contributed by atoms with van der Waals surface area (Å²) in [5.74, 6) is -4.14. The molecule has 8 amide bonds. The Morgan fingerprint density at radius 1 is 0.427 bits per heavy atom. The molecule has 3 rings (SSSR count). The van der Waals surface area contributed by atoms with Crippen LogP contribution >= 0.6 is 0 Å². The third-order valence-electron chi connectivity index (χ3n) is 13.8. The standard InChI is InChI=1S/C54H96N8O27/c1-30(2)86-29-58-37(69)9-10-41(73)62-54(26-80-20-11-38(70)55-14-6-17-83-51-42(59-31(3)66)48(77)45(74)34(23-63)87-51,27-81-21-12-39(71)56-15-7-18-84-52-43(60-32(4)67)49(78)46(75)35(24-64)88-52)28-82-22-13-40(72)57-16-8-19-85-53-44(61-33(5)68)50(79)47(76)36(25-65)89-53/h30,34-36,42-53,63-65,74-79H,6-29H2,1-5H3,(H,55,70)(H,56,71)(H,57,72)(H,58,69)(H,59,66)(H,60,67)(H,61,68)(H,62,73). The molecule has 35 heteroatoms. The predicted molar refractivity (Wildman–Crippen MR) is 302 cm³/mol. The second-order valence-electron chi connectivity index (χ2n) is 21.7. The molecule has 35 nitrogen and oxygen atoms in total. The lowest BCUT2D eigenvalue weighted by molar-refractivity contribution is -0.270. The van der Waals surface area contributed by atoms with Crippen molar-refractivity contribution in [2.45, 2.75) is 190 Å². The van der Waals surface area contributed by atoms with Gasteiger partial charge in [-0.05, 0) is 33.1 Å². The number of aliphatic hydroxyl groups excluding tert-OH is 9. The molecule has 0 bridgehead atoms. The molecular weight excluding hydrogens is 1190 g/mol. The molecule has 0 radical (unpaired) electrons. The fourth-order valence-corrected chi connectivity index (χ4v) is 9.10. The Labute approximate surface area is 515 Å². The fourth-order valence-electron chi connectivity index (χ4n) is 9.10. The first kappa shape index (κ1) is 78.2. The van der Waals surface area contributed by atoms with Gasteiger partial charge in [-0.2, -0.15) is 0 Å². The zero-order valence-electron chi connectivity index (χ0n) is 51.1. The van der Waals surface area contributed by atoms with Crippen molar-refractivity contribution < 1.29 is 132 Å². The summed E-state index contributed by atoms with van der Waals surface area (Å²) in [6, 6.07) is -3.48. The van der Waals surface area contributed by atoms with Crippen molar-refractivity contribution in [2.75, 3.05) is 106 Å². The van der Waals surface area contributed by atoms with Crippen LogP contribution in [0.25, 0.3) is 0 Å². The molecule has 0 aliphatic carbocycles. The summed E-state index contributed by atoms with van der Waals surface area (Å²) in [6.07, 6.45) is -17.1. The molecule has 3 heterocycles. The maximum absolute atomic E-state index is 13.7. The van der Waals surface area contributed by atoms with Gasteiger partial charge in [-0.15, -0.1) is 0 Å². The fraction of sp³-hybridized carbons (Fsp3) is 0.852. The van der Waals surface area contributed by atoms with E-state index in [9.17, 15) is 84.3 Å². The zero-order valence-corrected chi connectivity index (χ0v) is 51.1. The lowest BCUT2D eigenvalue weighted by atomic mass is 9.97. The van der Waals surface area contributed by atoms with Crippen molar-refractivity contribution in [2.24, 2.45) is 0 Å². The van der Waals surface area contributed by atoms with E-state index in [2.05, 4.69) is 42.5 Å². The largest absolute Gasteiger partial charge is 0.394 e. The van der Waals surface area contributed by atoms with Gasteiger partial charge in [-0.3, -0.25) is 38.4 Å². The summed E-state index contributed by atoms with van der Waals surface area (Å²) in [5.41, 5.74) is -1.58. The molecule has 0 aromatic rings. The van der Waals surface area contributed by atoms with Crippen molar-refractivity contribution in [1.29, 1.82) is 0 Å². The first-order chi connectivity index (χ1) is 42.3. The predicted octanol–water partition coefficient (Wildman–Crippen LogP) is -8.26. The molecule has 3 aliphatic rings. The van der Waals surface area contributed by atoms with Gasteiger partial charge in [0.05, 0.1) is 85.4 Å². The summed E-state index contributed by atoms with van der Waals surface area (Å²) in [4.78, 5) is 101. The normalized spacial score (nSPS) is 27.6. The average molecular weight is 1290 g/mol. The van der Waals surface area contributed by atoms with Crippen LogP contribution in [-0.4, -0.2) is 302 Å². The number of hydrogen-bond acceptors (Lipinski definition) is 27. The van der Waals surface area contributed by atoms with Crippen molar-refractivity contribution in [3.8, 4) is 0 Å². The molecule has 3 aliphatic heterocycles. The number of amides is 8. The van der Waals surface area contributed by atoms with Crippen molar-refractivity contribution in [3.05, 3.63) is 0 Å². The van der Waals surface area contributed by atoms with E-state index in [1.807, 2.05) is 0 Å². The number of carbonyl (C=O) groups is 8. The molecule has 15 unspecified atom stereocenters. The first-order valence-electron chi connectivity index (χ1n) is 29.6. The third-order valence-corrected chi connectivity index (χ3v) is 13.8. The van der Waals surface area contributed by atoms with Crippen molar-refractivity contribution in [3.63, 3.8) is 0 Å². The van der Waals surface area contributed by atoms with E-state index in [0.29, 0.717) is 0 Å². The number of nitrogens with one attached hydrogen (secondary N) is 8. The molecule has 3 fully saturated rings. The molecule has 514 valence electrons. The van der Waals surface area contributed by atoms with E-state index in [4.69, 9.17) is 47.4 Å². The second kappa shape index (κ2) is 42.2. The van der Waals surface area contributed by atoms with E-state index in [-0.39, 0.29) is 143 Å². The second-order valence-corrected chi connectivity index (χ2v) is 21.7. The van der Waals surface area contributed by atoms with Gasteiger partial charge in [0.1, 0.15) is 85.3 Å². The van der Waals surface area contributed by atoms with Crippen LogP contribution in [0.5, 0.6) is 0 Å². The van der Waals surface area contributed by atoms with Crippen LogP contribution in [0.15, 0.2) is 0 Å². The number of hydrogen-bond donors (Lipinski definition) is 17. The van der Waals surface area contributed by atoms with E-state index in [1.165, 1.54) is 20.8 Å². The van der Waals surface area contributed by atoms with Crippen LogP contribution in [-0.2, 0) is 85.7 Å². The quantitative estimate of drug-likeness (QED) is 0.0199. The first-order valence-corrected chi connectivity index (χ1v) is 29.6. The zero-order chi connectivity index (χ0) is 66.1. The van der Waals surface area contributed by atoms with E-state index < -0.39 is 165 Å². The van der Waals surface area contributed by atoms with Crippen LogP contribution in [0, 0.1) is 0 Å². The molecule has 17 N–H and O–H groups in total. The van der Waals surface area contributed by atoms with Crippen LogP contribution in [0.1, 0.15) is 86.0 Å². The lowest BCUT2D eigenvalue weighted by Gasteiger charge is -2.42. The number of carbonyl (C=O) groups excluding carboxylic acids is 8. The molecule has 15 atom stereocenters. The Morgan fingerprint density at radius 2 is 0.730 bits per heavy atom. The highest BCUT2D eigenvalue weighted by molar-refractivity contribution is 5.84. The Kier molecular flexibility index (Phi) is 37.1. The van der Waals surface area contributed by atoms with Gasteiger partial charge in [-0.1, -0.05) is 0 Å². The highest BCUT2D eigenvalue weighted by atomic mass is 16.7. The minimum absolute atomic E-state index is 0.0439. The monoisotopic (exact) mass is 1290 g/mol. The molecule has 0 saturated carbocycles. The Balaban J connectivity index is 1.65. The lowest BCUT2D eigenvalue weighted by Crippen LogP contribution is -2.64. The molecular formula is C54H96N8O27. The Hall–Kier alpha value is -5.00. The van der Waals surface area contributed by atoms with Crippen molar-refractivity contribution in [1.82, 2.24) is 42.5 Å². The third kappa shape index (κ3) is 29.0. The Morgan fingerprint density at radius 3 is 1.02 bits per heavy atom. The number of ether oxygens (including phenoxy) is 10. The van der Waals surface area contributed by atoms with Gasteiger partial charge in [0.25, 0.3) is 0 Å². The summed E-state index contributed by atoms with van der Waals surface area (Å²) in [6.45, 7) is 3.48. The summed E-state index contributed by atoms with van der Waals surface area (Å²) < 4.78 is 57.0.